The summed E-state index contributed by atoms with van der Waals surface area (Å²) in [6, 6.07) is 3.86. The number of carbonyl (C=O) groups is 2. The summed E-state index contributed by atoms with van der Waals surface area (Å²) in [4.78, 5) is 27.0. The van der Waals surface area contributed by atoms with Crippen molar-refractivity contribution < 1.29 is 23.8 Å². The summed E-state index contributed by atoms with van der Waals surface area (Å²) in [7, 11) is 3.19. The van der Waals surface area contributed by atoms with Crippen LogP contribution in [0.4, 0.5) is 0 Å². The molecule has 0 saturated carbocycles. The van der Waals surface area contributed by atoms with Crippen LogP contribution in [0.1, 0.15) is 37.8 Å². The first-order valence-electron chi connectivity index (χ1n) is 8.69. The number of rotatable bonds is 4. The standard InChI is InChI=1S/C19H25NO5/c1-5-25-18(22)13-6-7-17(21)20-9-8-12-10-15(23-3)16(24-4)11-14(12)19(13,20)2/h10-11,13H,5-9H2,1-4H3/t13-,19+/m1/s1. The number of nitrogens with zero attached hydrogens (tertiary/aromatic N) is 1. The highest BCUT2D eigenvalue weighted by molar-refractivity contribution is 5.84. The molecule has 1 aromatic carbocycles. The smallest absolute Gasteiger partial charge is 0.311 e. The molecule has 2 aliphatic rings. The molecule has 25 heavy (non-hydrogen) atoms. The predicted molar refractivity (Wildman–Crippen MR) is 91.7 cm³/mol. The van der Waals surface area contributed by atoms with Crippen LogP contribution in [0.2, 0.25) is 0 Å². The maximum atomic E-state index is 12.6. The first kappa shape index (κ1) is 17.6. The van der Waals surface area contributed by atoms with E-state index in [2.05, 4.69) is 0 Å². The highest BCUT2D eigenvalue weighted by Gasteiger charge is 2.53. The first-order chi connectivity index (χ1) is 12.0. The van der Waals surface area contributed by atoms with Crippen molar-refractivity contribution in [3.8, 4) is 11.5 Å². The van der Waals surface area contributed by atoms with Crippen molar-refractivity contribution in [2.45, 2.75) is 38.6 Å². The molecule has 1 aromatic rings. The molecule has 136 valence electrons. The summed E-state index contributed by atoms with van der Waals surface area (Å²) in [5.41, 5.74) is 1.30. The Labute approximate surface area is 148 Å². The molecular formula is C19H25NO5. The Balaban J connectivity index is 2.16. The fourth-order valence-electron chi connectivity index (χ4n) is 4.24. The topological polar surface area (TPSA) is 65.1 Å². The number of esters is 1. The summed E-state index contributed by atoms with van der Waals surface area (Å²) in [5.74, 6) is 0.717. The Morgan fingerprint density at radius 3 is 2.56 bits per heavy atom. The van der Waals surface area contributed by atoms with Crippen LogP contribution in [-0.4, -0.2) is 44.1 Å². The molecule has 0 aromatic heterocycles. The number of fused-ring (bicyclic) bond motifs is 3. The second kappa shape index (κ2) is 6.58. The second-order valence-corrected chi connectivity index (χ2v) is 6.65. The van der Waals surface area contributed by atoms with Crippen molar-refractivity contribution in [1.82, 2.24) is 4.90 Å². The average molecular weight is 347 g/mol. The molecule has 2 atom stereocenters. The Morgan fingerprint density at radius 1 is 1.24 bits per heavy atom. The molecule has 6 heteroatoms. The maximum absolute atomic E-state index is 12.6. The molecule has 0 N–H and O–H groups in total. The van der Waals surface area contributed by atoms with Gasteiger partial charge in [0, 0.05) is 13.0 Å². The van der Waals surface area contributed by atoms with Crippen LogP contribution in [-0.2, 0) is 26.3 Å². The van der Waals surface area contributed by atoms with E-state index in [0.29, 0.717) is 37.5 Å². The zero-order valence-corrected chi connectivity index (χ0v) is 15.3. The van der Waals surface area contributed by atoms with Gasteiger partial charge in [0.05, 0.1) is 32.3 Å². The van der Waals surface area contributed by atoms with E-state index in [-0.39, 0.29) is 17.8 Å². The SMILES string of the molecule is CCOC(=O)[C@H]1CCC(=O)N2CCc3cc(OC)c(OC)cc3[C@]12C. The van der Waals surface area contributed by atoms with E-state index in [4.69, 9.17) is 14.2 Å². The van der Waals surface area contributed by atoms with Gasteiger partial charge in [0.15, 0.2) is 11.5 Å². The summed E-state index contributed by atoms with van der Waals surface area (Å²) < 4.78 is 16.2. The van der Waals surface area contributed by atoms with Crippen molar-refractivity contribution in [2.24, 2.45) is 5.92 Å². The third kappa shape index (κ3) is 2.64. The minimum atomic E-state index is -0.727. The van der Waals surface area contributed by atoms with Gasteiger partial charge in [-0.25, -0.2) is 0 Å². The van der Waals surface area contributed by atoms with Crippen LogP contribution >= 0.6 is 0 Å². The van der Waals surface area contributed by atoms with E-state index >= 15 is 0 Å². The van der Waals surface area contributed by atoms with Gasteiger partial charge < -0.3 is 19.1 Å². The van der Waals surface area contributed by atoms with Crippen LogP contribution < -0.4 is 9.47 Å². The molecule has 0 unspecified atom stereocenters. The highest BCUT2D eigenvalue weighted by Crippen LogP contribution is 2.49. The van der Waals surface area contributed by atoms with Gasteiger partial charge in [-0.15, -0.1) is 0 Å². The summed E-state index contributed by atoms with van der Waals surface area (Å²) in [5, 5.41) is 0. The van der Waals surface area contributed by atoms with Gasteiger partial charge in [0.25, 0.3) is 0 Å². The molecule has 0 spiro atoms. The monoisotopic (exact) mass is 347 g/mol. The normalized spacial score (nSPS) is 25.0. The third-order valence-electron chi connectivity index (χ3n) is 5.52. The lowest BCUT2D eigenvalue weighted by Gasteiger charge is -2.52. The average Bonchev–Trinajstić information content (AvgIpc) is 2.60. The number of piperidine rings is 1. The fourth-order valence-corrected chi connectivity index (χ4v) is 4.24. The number of ether oxygens (including phenoxy) is 3. The van der Waals surface area contributed by atoms with Crippen LogP contribution in [0, 0.1) is 5.92 Å². The van der Waals surface area contributed by atoms with Gasteiger partial charge >= 0.3 is 5.97 Å². The quantitative estimate of drug-likeness (QED) is 0.782. The van der Waals surface area contributed by atoms with Crippen molar-refractivity contribution in [3.05, 3.63) is 23.3 Å². The van der Waals surface area contributed by atoms with Gasteiger partial charge in [-0.1, -0.05) is 0 Å². The lowest BCUT2D eigenvalue weighted by Crippen LogP contribution is -2.60. The Hall–Kier alpha value is -2.24. The van der Waals surface area contributed by atoms with Crippen LogP contribution in [0.5, 0.6) is 11.5 Å². The summed E-state index contributed by atoms with van der Waals surface area (Å²) in [6.45, 7) is 4.69. The van der Waals surface area contributed by atoms with E-state index in [1.165, 1.54) is 0 Å². The van der Waals surface area contributed by atoms with Crippen LogP contribution in [0.3, 0.4) is 0 Å². The van der Waals surface area contributed by atoms with Gasteiger partial charge in [-0.2, -0.15) is 0 Å². The van der Waals surface area contributed by atoms with E-state index in [1.54, 1.807) is 21.1 Å². The van der Waals surface area contributed by atoms with Crippen molar-refractivity contribution in [2.75, 3.05) is 27.4 Å². The number of hydrogen-bond donors (Lipinski definition) is 0. The van der Waals surface area contributed by atoms with E-state index < -0.39 is 5.54 Å². The Morgan fingerprint density at radius 2 is 1.92 bits per heavy atom. The van der Waals surface area contributed by atoms with Crippen LogP contribution in [0.15, 0.2) is 12.1 Å². The molecule has 1 fully saturated rings. The Bertz CT molecular complexity index is 701. The molecule has 3 rings (SSSR count). The number of amides is 1. The molecule has 1 saturated heterocycles. The molecule has 6 nitrogen and oxygen atoms in total. The molecule has 0 radical (unpaired) electrons. The zero-order chi connectivity index (χ0) is 18.2. The van der Waals surface area contributed by atoms with E-state index in [1.807, 2.05) is 24.0 Å². The predicted octanol–water partition coefficient (Wildman–Crippen LogP) is 2.28. The van der Waals surface area contributed by atoms with Crippen molar-refractivity contribution in [3.63, 3.8) is 0 Å². The van der Waals surface area contributed by atoms with Gasteiger partial charge in [0.2, 0.25) is 5.91 Å². The number of carbonyl (C=O) groups excluding carboxylic acids is 2. The minimum Gasteiger partial charge on any atom is -0.493 e. The summed E-state index contributed by atoms with van der Waals surface area (Å²) in [6.07, 6.45) is 1.60. The lowest BCUT2D eigenvalue weighted by molar-refractivity contribution is -0.164. The van der Waals surface area contributed by atoms with E-state index in [9.17, 15) is 9.59 Å². The molecule has 0 bridgehead atoms. The highest BCUT2D eigenvalue weighted by atomic mass is 16.5. The largest absolute Gasteiger partial charge is 0.493 e. The zero-order valence-electron chi connectivity index (χ0n) is 15.3. The van der Waals surface area contributed by atoms with Gasteiger partial charge in [-0.05, 0) is 49.9 Å². The molecule has 2 aliphatic heterocycles. The third-order valence-corrected chi connectivity index (χ3v) is 5.52. The van der Waals surface area contributed by atoms with Crippen molar-refractivity contribution >= 4 is 11.9 Å². The molecular weight excluding hydrogens is 322 g/mol. The second-order valence-electron chi connectivity index (χ2n) is 6.65. The molecule has 1 amide bonds. The number of methoxy groups -OCH3 is 2. The van der Waals surface area contributed by atoms with E-state index in [0.717, 1.165) is 17.5 Å². The summed E-state index contributed by atoms with van der Waals surface area (Å²) >= 11 is 0. The lowest BCUT2D eigenvalue weighted by atomic mass is 9.69. The fraction of sp³-hybridized carbons (Fsp3) is 0.579. The minimum absolute atomic E-state index is 0.0866. The van der Waals surface area contributed by atoms with Crippen molar-refractivity contribution in [1.29, 1.82) is 0 Å². The van der Waals surface area contributed by atoms with Gasteiger partial charge in [-0.3, -0.25) is 9.59 Å². The number of hydrogen-bond acceptors (Lipinski definition) is 5. The first-order valence-corrected chi connectivity index (χ1v) is 8.69. The molecule has 2 heterocycles. The number of benzene rings is 1. The molecule has 0 aliphatic carbocycles. The maximum Gasteiger partial charge on any atom is 0.311 e. The van der Waals surface area contributed by atoms with Gasteiger partial charge in [0.1, 0.15) is 0 Å². The Kier molecular flexibility index (Phi) is 4.62. The van der Waals surface area contributed by atoms with Crippen LogP contribution in [0.25, 0.3) is 0 Å².